The second-order valence-electron chi connectivity index (χ2n) is 4.57. The number of aromatic nitrogens is 1. The van der Waals surface area contributed by atoms with E-state index in [0.717, 1.165) is 19.6 Å². The van der Waals surface area contributed by atoms with Crippen molar-refractivity contribution in [3.63, 3.8) is 0 Å². The molecule has 0 saturated heterocycles. The van der Waals surface area contributed by atoms with Gasteiger partial charge in [0.15, 0.2) is 0 Å². The maximum absolute atomic E-state index is 11.0. The monoisotopic (exact) mass is 223 g/mol. The lowest BCUT2D eigenvalue weighted by atomic mass is 10.0. The van der Waals surface area contributed by atoms with E-state index in [0.29, 0.717) is 5.69 Å². The predicted molar refractivity (Wildman–Crippen MR) is 59.6 cm³/mol. The highest BCUT2D eigenvalue weighted by Crippen LogP contribution is 2.50. The fourth-order valence-corrected chi connectivity index (χ4v) is 2.09. The number of hydrogen-bond acceptors (Lipinski definition) is 2. The number of carbonyl (C=O) groups is 1. The molecule has 0 spiro atoms. The fourth-order valence-electron chi connectivity index (χ4n) is 2.09. The van der Waals surface area contributed by atoms with Gasteiger partial charge in [-0.25, -0.2) is 4.79 Å². The first-order valence-electron chi connectivity index (χ1n) is 5.54. The standard InChI is InChI=1S/C12H17NO3/c1-16-8-6-12(4-5-12)9-13-7-2-3-10(13)11(14)15/h2-3,7H,4-6,8-9H2,1H3,(H,14,15). The molecule has 1 heterocycles. The molecule has 1 aromatic heterocycles. The highest BCUT2D eigenvalue weighted by atomic mass is 16.5. The zero-order valence-electron chi connectivity index (χ0n) is 9.48. The summed E-state index contributed by atoms with van der Waals surface area (Å²) in [5, 5.41) is 9.00. The smallest absolute Gasteiger partial charge is 0.352 e. The van der Waals surface area contributed by atoms with Gasteiger partial charge in [0, 0.05) is 26.5 Å². The van der Waals surface area contributed by atoms with Gasteiger partial charge < -0.3 is 14.4 Å². The molecule has 0 amide bonds. The van der Waals surface area contributed by atoms with Gasteiger partial charge in [-0.1, -0.05) is 0 Å². The molecular formula is C12H17NO3. The van der Waals surface area contributed by atoms with E-state index in [2.05, 4.69) is 0 Å². The molecule has 1 aliphatic rings. The van der Waals surface area contributed by atoms with Crippen LogP contribution in [-0.4, -0.2) is 29.4 Å². The van der Waals surface area contributed by atoms with Crippen molar-refractivity contribution in [2.24, 2.45) is 5.41 Å². The van der Waals surface area contributed by atoms with Crippen LogP contribution in [0.1, 0.15) is 29.8 Å². The normalized spacial score (nSPS) is 17.3. The molecule has 1 saturated carbocycles. The number of hydrogen-bond donors (Lipinski definition) is 1. The Morgan fingerprint density at radius 3 is 2.94 bits per heavy atom. The van der Waals surface area contributed by atoms with Crippen LogP contribution in [0.15, 0.2) is 18.3 Å². The Hall–Kier alpha value is -1.29. The lowest BCUT2D eigenvalue weighted by molar-refractivity contribution is 0.0683. The van der Waals surface area contributed by atoms with Crippen LogP contribution in [0.25, 0.3) is 0 Å². The van der Waals surface area contributed by atoms with Crippen molar-refractivity contribution in [1.82, 2.24) is 4.57 Å². The highest BCUT2D eigenvalue weighted by Gasteiger charge is 2.42. The maximum atomic E-state index is 11.0. The number of carboxylic acid groups (broad SMARTS) is 1. The number of ether oxygens (including phenoxy) is 1. The third kappa shape index (κ3) is 2.27. The summed E-state index contributed by atoms with van der Waals surface area (Å²) in [5.74, 6) is -0.854. The minimum Gasteiger partial charge on any atom is -0.477 e. The van der Waals surface area contributed by atoms with E-state index in [1.54, 1.807) is 19.2 Å². The fraction of sp³-hybridized carbons (Fsp3) is 0.583. The number of methoxy groups -OCH3 is 1. The number of carboxylic acids is 1. The van der Waals surface area contributed by atoms with Gasteiger partial charge in [-0.2, -0.15) is 0 Å². The van der Waals surface area contributed by atoms with Crippen LogP contribution >= 0.6 is 0 Å². The van der Waals surface area contributed by atoms with E-state index in [1.807, 2.05) is 10.8 Å². The van der Waals surface area contributed by atoms with Crippen molar-refractivity contribution >= 4 is 5.97 Å². The largest absolute Gasteiger partial charge is 0.477 e. The van der Waals surface area contributed by atoms with Crippen LogP contribution in [0.4, 0.5) is 0 Å². The molecule has 0 bridgehead atoms. The first-order chi connectivity index (χ1) is 7.67. The van der Waals surface area contributed by atoms with Gasteiger partial charge in [0.05, 0.1) is 0 Å². The molecule has 0 atom stereocenters. The quantitative estimate of drug-likeness (QED) is 0.802. The Kier molecular flexibility index (Phi) is 3.01. The maximum Gasteiger partial charge on any atom is 0.352 e. The SMILES string of the molecule is COCCC1(Cn2cccc2C(=O)O)CC1. The summed E-state index contributed by atoms with van der Waals surface area (Å²) in [5.41, 5.74) is 0.655. The van der Waals surface area contributed by atoms with Gasteiger partial charge in [0.25, 0.3) is 0 Å². The second kappa shape index (κ2) is 4.29. The Morgan fingerprint density at radius 1 is 1.62 bits per heavy atom. The van der Waals surface area contributed by atoms with Crippen molar-refractivity contribution in [2.75, 3.05) is 13.7 Å². The van der Waals surface area contributed by atoms with E-state index in [9.17, 15) is 4.79 Å². The van der Waals surface area contributed by atoms with Crippen LogP contribution in [-0.2, 0) is 11.3 Å². The molecule has 1 N–H and O–H groups in total. The molecule has 1 fully saturated rings. The van der Waals surface area contributed by atoms with Crippen LogP contribution in [0.5, 0.6) is 0 Å². The number of nitrogens with zero attached hydrogens (tertiary/aromatic N) is 1. The summed E-state index contributed by atoms with van der Waals surface area (Å²) in [6.07, 6.45) is 5.21. The molecule has 1 aromatic rings. The van der Waals surface area contributed by atoms with Crippen molar-refractivity contribution in [3.8, 4) is 0 Å². The lowest BCUT2D eigenvalue weighted by Gasteiger charge is -2.16. The van der Waals surface area contributed by atoms with Gasteiger partial charge in [-0.3, -0.25) is 0 Å². The zero-order chi connectivity index (χ0) is 11.6. The van der Waals surface area contributed by atoms with Gasteiger partial charge in [0.1, 0.15) is 5.69 Å². The van der Waals surface area contributed by atoms with Crippen molar-refractivity contribution in [1.29, 1.82) is 0 Å². The van der Waals surface area contributed by atoms with Gasteiger partial charge in [0.2, 0.25) is 0 Å². The molecule has 0 unspecified atom stereocenters. The topological polar surface area (TPSA) is 51.5 Å². The molecule has 2 rings (SSSR count). The summed E-state index contributed by atoms with van der Waals surface area (Å²) in [7, 11) is 1.70. The number of aromatic carboxylic acids is 1. The lowest BCUT2D eigenvalue weighted by Crippen LogP contribution is -2.17. The summed E-state index contributed by atoms with van der Waals surface area (Å²) in [6.45, 7) is 1.55. The minimum absolute atomic E-state index is 0.277. The van der Waals surface area contributed by atoms with Gasteiger partial charge in [-0.15, -0.1) is 0 Å². The summed E-state index contributed by atoms with van der Waals surface area (Å²) in [6, 6.07) is 3.44. The van der Waals surface area contributed by atoms with E-state index < -0.39 is 5.97 Å². The van der Waals surface area contributed by atoms with E-state index >= 15 is 0 Å². The van der Waals surface area contributed by atoms with Gasteiger partial charge in [-0.05, 0) is 36.8 Å². The van der Waals surface area contributed by atoms with Crippen molar-refractivity contribution in [3.05, 3.63) is 24.0 Å². The predicted octanol–water partition coefficient (Wildman–Crippen LogP) is 2.00. The summed E-state index contributed by atoms with van der Waals surface area (Å²) in [4.78, 5) is 11.0. The summed E-state index contributed by atoms with van der Waals surface area (Å²) < 4.78 is 6.93. The average Bonchev–Trinajstić information content (AvgIpc) is 2.84. The average molecular weight is 223 g/mol. The van der Waals surface area contributed by atoms with Crippen LogP contribution in [0.3, 0.4) is 0 Å². The Bertz CT molecular complexity index is 379. The minimum atomic E-state index is -0.854. The Morgan fingerprint density at radius 2 is 2.38 bits per heavy atom. The Labute approximate surface area is 94.8 Å². The molecule has 0 radical (unpaired) electrons. The van der Waals surface area contributed by atoms with Crippen molar-refractivity contribution < 1.29 is 14.6 Å². The van der Waals surface area contributed by atoms with E-state index in [-0.39, 0.29) is 5.41 Å². The molecule has 88 valence electrons. The second-order valence-corrected chi connectivity index (χ2v) is 4.57. The van der Waals surface area contributed by atoms with E-state index in [4.69, 9.17) is 9.84 Å². The molecule has 1 aliphatic carbocycles. The first-order valence-corrected chi connectivity index (χ1v) is 5.54. The summed E-state index contributed by atoms with van der Waals surface area (Å²) >= 11 is 0. The molecule has 16 heavy (non-hydrogen) atoms. The van der Waals surface area contributed by atoms with Crippen LogP contribution in [0, 0.1) is 5.41 Å². The molecule has 0 aromatic carbocycles. The zero-order valence-corrected chi connectivity index (χ0v) is 9.48. The first kappa shape index (κ1) is 11.2. The molecule has 4 heteroatoms. The van der Waals surface area contributed by atoms with Crippen molar-refractivity contribution in [2.45, 2.75) is 25.8 Å². The molecule has 4 nitrogen and oxygen atoms in total. The van der Waals surface area contributed by atoms with Crippen LogP contribution < -0.4 is 0 Å². The van der Waals surface area contributed by atoms with Crippen LogP contribution in [0.2, 0.25) is 0 Å². The Balaban J connectivity index is 2.03. The molecular weight excluding hydrogens is 206 g/mol. The third-order valence-electron chi connectivity index (χ3n) is 3.35. The third-order valence-corrected chi connectivity index (χ3v) is 3.35. The van der Waals surface area contributed by atoms with Gasteiger partial charge >= 0.3 is 5.97 Å². The highest BCUT2D eigenvalue weighted by molar-refractivity contribution is 5.85. The van der Waals surface area contributed by atoms with E-state index in [1.165, 1.54) is 12.8 Å². The number of rotatable bonds is 6. The molecule has 0 aliphatic heterocycles.